The van der Waals surface area contributed by atoms with E-state index in [0.29, 0.717) is 10.4 Å². The van der Waals surface area contributed by atoms with E-state index in [9.17, 15) is 0 Å². The highest BCUT2D eigenvalue weighted by Gasteiger charge is 2.21. The third kappa shape index (κ3) is 2.43. The lowest BCUT2D eigenvalue weighted by molar-refractivity contribution is 0.760. The van der Waals surface area contributed by atoms with Gasteiger partial charge in [0, 0.05) is 29.7 Å². The van der Waals surface area contributed by atoms with Gasteiger partial charge in [0.15, 0.2) is 0 Å². The molecule has 0 aliphatic carbocycles. The van der Waals surface area contributed by atoms with E-state index in [1.165, 1.54) is 0 Å². The molecular weight excluding hydrogens is 242 g/mol. The topological polar surface area (TPSA) is 29.0 Å². The fourth-order valence-electron chi connectivity index (χ4n) is 1.97. The van der Waals surface area contributed by atoms with E-state index >= 15 is 0 Å². The lowest BCUT2D eigenvalue weighted by atomic mass is 10.2. The third-order valence-electron chi connectivity index (χ3n) is 2.76. The minimum absolute atomic E-state index is 0.596. The van der Waals surface area contributed by atoms with Crippen molar-refractivity contribution in [1.29, 1.82) is 0 Å². The van der Waals surface area contributed by atoms with E-state index < -0.39 is 0 Å². The molecule has 5 heteroatoms. The highest BCUT2D eigenvalue weighted by atomic mass is 35.5. The number of aromatic nitrogens is 2. The molecule has 0 spiro atoms. The number of halogens is 1. The van der Waals surface area contributed by atoms with Crippen molar-refractivity contribution in [1.82, 2.24) is 9.97 Å². The van der Waals surface area contributed by atoms with Crippen LogP contribution in [-0.4, -0.2) is 34.1 Å². The molecule has 0 N–H and O–H groups in total. The summed E-state index contributed by atoms with van der Waals surface area (Å²) in [4.78, 5) is 10.8. The maximum Gasteiger partial charge on any atom is 0.137 e. The van der Waals surface area contributed by atoms with Crippen LogP contribution in [0, 0.1) is 0 Å². The Hall–Kier alpha value is -0.480. The molecule has 2 rings (SSSR count). The molecular formula is C11H16ClN3S. The number of thioether (sulfide) groups is 1. The summed E-state index contributed by atoms with van der Waals surface area (Å²) >= 11 is 8.12. The van der Waals surface area contributed by atoms with E-state index in [-0.39, 0.29) is 0 Å². The van der Waals surface area contributed by atoms with Crippen molar-refractivity contribution >= 4 is 29.2 Å². The van der Waals surface area contributed by atoms with Gasteiger partial charge in [-0.3, -0.25) is 0 Å². The second-order valence-corrected chi connectivity index (χ2v) is 5.85. The zero-order chi connectivity index (χ0) is 11.5. The standard InChI is InChI=1S/C11H16ClN3S/c1-3-9-10(12)13-7-14-11(9)15-4-5-16-8(2)6-15/h7-8H,3-6H2,1-2H3. The van der Waals surface area contributed by atoms with Gasteiger partial charge in [0.05, 0.1) is 0 Å². The molecule has 1 atom stereocenters. The molecule has 0 amide bonds. The van der Waals surface area contributed by atoms with Crippen molar-refractivity contribution in [3.63, 3.8) is 0 Å². The number of hydrogen-bond acceptors (Lipinski definition) is 4. The molecule has 1 unspecified atom stereocenters. The molecule has 1 aliphatic heterocycles. The average molecular weight is 258 g/mol. The molecule has 0 saturated carbocycles. The second kappa shape index (κ2) is 5.23. The molecule has 88 valence electrons. The van der Waals surface area contributed by atoms with E-state index in [1.54, 1.807) is 6.33 Å². The second-order valence-electron chi connectivity index (χ2n) is 3.95. The third-order valence-corrected chi connectivity index (χ3v) is 4.23. The molecule has 0 bridgehead atoms. The molecule has 0 radical (unpaired) electrons. The molecule has 1 aromatic heterocycles. The van der Waals surface area contributed by atoms with Gasteiger partial charge in [0.2, 0.25) is 0 Å². The molecule has 1 aromatic rings. The summed E-state index contributed by atoms with van der Waals surface area (Å²) in [6.07, 6.45) is 2.44. The van der Waals surface area contributed by atoms with Crippen molar-refractivity contribution < 1.29 is 0 Å². The van der Waals surface area contributed by atoms with Gasteiger partial charge in [-0.2, -0.15) is 11.8 Å². The first-order valence-electron chi connectivity index (χ1n) is 5.58. The molecule has 2 heterocycles. The Bertz CT molecular complexity index is 372. The first kappa shape index (κ1) is 12.0. The highest BCUT2D eigenvalue weighted by molar-refractivity contribution is 8.00. The first-order valence-corrected chi connectivity index (χ1v) is 7.01. The van der Waals surface area contributed by atoms with Crippen LogP contribution in [0.4, 0.5) is 5.82 Å². The van der Waals surface area contributed by atoms with Crippen LogP contribution in [-0.2, 0) is 6.42 Å². The van der Waals surface area contributed by atoms with Gasteiger partial charge in [0.1, 0.15) is 17.3 Å². The zero-order valence-electron chi connectivity index (χ0n) is 9.61. The summed E-state index contributed by atoms with van der Waals surface area (Å²) < 4.78 is 0. The quantitative estimate of drug-likeness (QED) is 0.762. The van der Waals surface area contributed by atoms with Crippen LogP contribution < -0.4 is 4.90 Å². The summed E-state index contributed by atoms with van der Waals surface area (Å²) in [6, 6.07) is 0. The SMILES string of the molecule is CCc1c(Cl)ncnc1N1CCSC(C)C1. The van der Waals surface area contributed by atoms with E-state index in [4.69, 9.17) is 11.6 Å². The minimum atomic E-state index is 0.596. The summed E-state index contributed by atoms with van der Waals surface area (Å²) in [7, 11) is 0. The van der Waals surface area contributed by atoms with Gasteiger partial charge < -0.3 is 4.90 Å². The molecule has 0 aromatic carbocycles. The Morgan fingerprint density at radius 2 is 2.38 bits per heavy atom. The summed E-state index contributed by atoms with van der Waals surface area (Å²) in [5.41, 5.74) is 1.07. The van der Waals surface area contributed by atoms with Crippen LogP contribution in [0.3, 0.4) is 0 Å². The van der Waals surface area contributed by atoms with Crippen molar-refractivity contribution in [3.05, 3.63) is 17.0 Å². The fraction of sp³-hybridized carbons (Fsp3) is 0.636. The largest absolute Gasteiger partial charge is 0.354 e. The Balaban J connectivity index is 2.28. The Labute approximate surface area is 106 Å². The van der Waals surface area contributed by atoms with Crippen LogP contribution in [0.15, 0.2) is 6.33 Å². The summed E-state index contributed by atoms with van der Waals surface area (Å²) in [6.45, 7) is 6.45. The predicted octanol–water partition coefficient (Wildman–Crippen LogP) is 2.63. The van der Waals surface area contributed by atoms with E-state index in [1.807, 2.05) is 11.8 Å². The van der Waals surface area contributed by atoms with Crippen LogP contribution in [0.2, 0.25) is 5.15 Å². The minimum Gasteiger partial charge on any atom is -0.354 e. The molecule has 1 saturated heterocycles. The molecule has 1 fully saturated rings. The number of hydrogen-bond donors (Lipinski definition) is 0. The normalized spacial score (nSPS) is 21.2. The summed E-state index contributed by atoms with van der Waals surface area (Å²) in [5, 5.41) is 1.26. The molecule has 3 nitrogen and oxygen atoms in total. The lowest BCUT2D eigenvalue weighted by Gasteiger charge is -2.32. The molecule has 16 heavy (non-hydrogen) atoms. The maximum absolute atomic E-state index is 6.10. The van der Waals surface area contributed by atoms with Gasteiger partial charge in [-0.05, 0) is 6.42 Å². The summed E-state index contributed by atoms with van der Waals surface area (Å²) in [5.74, 6) is 2.18. The van der Waals surface area contributed by atoms with Crippen molar-refractivity contribution in [2.45, 2.75) is 25.5 Å². The Kier molecular flexibility index (Phi) is 3.92. The predicted molar refractivity (Wildman–Crippen MR) is 70.6 cm³/mol. The zero-order valence-corrected chi connectivity index (χ0v) is 11.2. The van der Waals surface area contributed by atoms with E-state index in [2.05, 4.69) is 28.7 Å². The van der Waals surface area contributed by atoms with Gasteiger partial charge in [0.25, 0.3) is 0 Å². The maximum atomic E-state index is 6.10. The Morgan fingerprint density at radius 1 is 1.56 bits per heavy atom. The van der Waals surface area contributed by atoms with Crippen molar-refractivity contribution in [2.75, 3.05) is 23.7 Å². The number of anilines is 1. The van der Waals surface area contributed by atoms with Crippen molar-refractivity contribution in [3.8, 4) is 0 Å². The van der Waals surface area contributed by atoms with Crippen LogP contribution in [0.25, 0.3) is 0 Å². The molecule has 1 aliphatic rings. The van der Waals surface area contributed by atoms with Gasteiger partial charge >= 0.3 is 0 Å². The Morgan fingerprint density at radius 3 is 3.06 bits per heavy atom. The number of rotatable bonds is 2. The van der Waals surface area contributed by atoms with Gasteiger partial charge in [-0.1, -0.05) is 25.4 Å². The lowest BCUT2D eigenvalue weighted by Crippen LogP contribution is -2.37. The van der Waals surface area contributed by atoms with Crippen LogP contribution in [0.5, 0.6) is 0 Å². The highest BCUT2D eigenvalue weighted by Crippen LogP contribution is 2.27. The van der Waals surface area contributed by atoms with Crippen molar-refractivity contribution in [2.24, 2.45) is 0 Å². The van der Waals surface area contributed by atoms with E-state index in [0.717, 1.165) is 36.6 Å². The smallest absolute Gasteiger partial charge is 0.137 e. The first-order chi connectivity index (χ1) is 7.72. The average Bonchev–Trinajstić information content (AvgIpc) is 2.28. The number of nitrogens with zero attached hydrogens (tertiary/aromatic N) is 3. The van der Waals surface area contributed by atoms with Crippen LogP contribution >= 0.6 is 23.4 Å². The fourth-order valence-corrected chi connectivity index (χ4v) is 3.24. The van der Waals surface area contributed by atoms with Gasteiger partial charge in [-0.25, -0.2) is 9.97 Å². The van der Waals surface area contributed by atoms with Crippen LogP contribution in [0.1, 0.15) is 19.4 Å². The van der Waals surface area contributed by atoms with Gasteiger partial charge in [-0.15, -0.1) is 0 Å². The monoisotopic (exact) mass is 257 g/mol.